The molecule has 1 aromatic rings. The van der Waals surface area contributed by atoms with Gasteiger partial charge in [-0.2, -0.15) is 0 Å². The fraction of sp³-hybridized carbons (Fsp3) is 0.647. The lowest BCUT2D eigenvalue weighted by atomic mass is 9.82. The zero-order valence-corrected chi connectivity index (χ0v) is 14.0. The zero-order chi connectivity index (χ0) is 14.5. The van der Waals surface area contributed by atoms with Gasteiger partial charge in [0.2, 0.25) is 0 Å². The Kier molecular flexibility index (Phi) is 6.03. The molecule has 0 amide bonds. The molecule has 20 heavy (non-hydrogen) atoms. The van der Waals surface area contributed by atoms with Crippen LogP contribution in [0.4, 0.5) is 4.39 Å². The van der Waals surface area contributed by atoms with Crippen LogP contribution in [-0.4, -0.2) is 6.04 Å². The van der Waals surface area contributed by atoms with E-state index in [-0.39, 0.29) is 11.9 Å². The van der Waals surface area contributed by atoms with E-state index in [1.807, 2.05) is 12.1 Å². The molecule has 0 radical (unpaired) electrons. The SMILES string of the molecule is CCC(NC(C)c1ccc(F)c(Br)c1)C1CCCCC1. The molecule has 1 fully saturated rings. The molecule has 1 N–H and O–H groups in total. The highest BCUT2D eigenvalue weighted by atomic mass is 79.9. The van der Waals surface area contributed by atoms with Gasteiger partial charge in [0.15, 0.2) is 0 Å². The van der Waals surface area contributed by atoms with Crippen molar-refractivity contribution in [1.82, 2.24) is 5.32 Å². The average molecular weight is 342 g/mol. The second-order valence-corrected chi connectivity index (χ2v) is 6.83. The molecule has 1 aromatic carbocycles. The van der Waals surface area contributed by atoms with Gasteiger partial charge in [0, 0.05) is 12.1 Å². The quantitative estimate of drug-likeness (QED) is 0.735. The maximum Gasteiger partial charge on any atom is 0.137 e. The molecule has 0 heterocycles. The van der Waals surface area contributed by atoms with Crippen molar-refractivity contribution >= 4 is 15.9 Å². The highest BCUT2D eigenvalue weighted by molar-refractivity contribution is 9.10. The Balaban J connectivity index is 2.00. The van der Waals surface area contributed by atoms with Crippen molar-refractivity contribution in [1.29, 1.82) is 0 Å². The second kappa shape index (κ2) is 7.56. The minimum atomic E-state index is -0.194. The molecule has 1 nitrogen and oxygen atoms in total. The summed E-state index contributed by atoms with van der Waals surface area (Å²) < 4.78 is 13.9. The summed E-state index contributed by atoms with van der Waals surface area (Å²) in [7, 11) is 0. The second-order valence-electron chi connectivity index (χ2n) is 5.97. The van der Waals surface area contributed by atoms with Crippen LogP contribution in [0.15, 0.2) is 22.7 Å². The summed E-state index contributed by atoms with van der Waals surface area (Å²) in [4.78, 5) is 0. The minimum absolute atomic E-state index is 0.194. The van der Waals surface area contributed by atoms with Gasteiger partial charge in [0.25, 0.3) is 0 Å². The van der Waals surface area contributed by atoms with Gasteiger partial charge in [-0.1, -0.05) is 32.3 Å². The molecule has 0 bridgehead atoms. The Labute approximate surface area is 130 Å². The van der Waals surface area contributed by atoms with Gasteiger partial charge in [-0.3, -0.25) is 0 Å². The number of hydrogen-bond acceptors (Lipinski definition) is 1. The van der Waals surface area contributed by atoms with Crippen LogP contribution in [0.1, 0.15) is 64.0 Å². The van der Waals surface area contributed by atoms with Gasteiger partial charge < -0.3 is 5.32 Å². The van der Waals surface area contributed by atoms with Crippen LogP contribution in [0.25, 0.3) is 0 Å². The Morgan fingerprint density at radius 2 is 2.00 bits per heavy atom. The highest BCUT2D eigenvalue weighted by Crippen LogP contribution is 2.29. The number of benzene rings is 1. The van der Waals surface area contributed by atoms with E-state index in [2.05, 4.69) is 35.1 Å². The van der Waals surface area contributed by atoms with Crippen molar-refractivity contribution in [2.45, 2.75) is 64.5 Å². The van der Waals surface area contributed by atoms with E-state index in [1.54, 1.807) is 6.07 Å². The van der Waals surface area contributed by atoms with Gasteiger partial charge in [-0.25, -0.2) is 4.39 Å². The van der Waals surface area contributed by atoms with Crippen LogP contribution in [0.5, 0.6) is 0 Å². The van der Waals surface area contributed by atoms with Crippen LogP contribution in [0.2, 0.25) is 0 Å². The molecule has 112 valence electrons. The van der Waals surface area contributed by atoms with Crippen LogP contribution in [0, 0.1) is 11.7 Å². The highest BCUT2D eigenvalue weighted by Gasteiger charge is 2.23. The third kappa shape index (κ3) is 4.05. The van der Waals surface area contributed by atoms with E-state index in [1.165, 1.54) is 32.1 Å². The molecule has 3 heteroatoms. The molecule has 0 aromatic heterocycles. The average Bonchev–Trinajstić information content (AvgIpc) is 2.48. The molecular formula is C17H25BrFN. The normalized spacial score (nSPS) is 19.8. The van der Waals surface area contributed by atoms with Crippen molar-refractivity contribution in [2.24, 2.45) is 5.92 Å². The van der Waals surface area contributed by atoms with Crippen LogP contribution in [-0.2, 0) is 0 Å². The number of halogens is 2. The maximum absolute atomic E-state index is 13.3. The summed E-state index contributed by atoms with van der Waals surface area (Å²) in [5.74, 6) is 0.611. The van der Waals surface area contributed by atoms with E-state index < -0.39 is 0 Å². The Bertz CT molecular complexity index is 429. The summed E-state index contributed by atoms with van der Waals surface area (Å²) in [6, 6.07) is 6.15. The monoisotopic (exact) mass is 341 g/mol. The minimum Gasteiger partial charge on any atom is -0.307 e. The first-order chi connectivity index (χ1) is 9.61. The molecule has 1 aliphatic rings. The standard InChI is InChI=1S/C17H25BrFN/c1-3-17(13-7-5-4-6-8-13)20-12(2)14-9-10-16(19)15(18)11-14/h9-13,17,20H,3-8H2,1-2H3. The van der Waals surface area contributed by atoms with Crippen molar-refractivity contribution in [3.63, 3.8) is 0 Å². The van der Waals surface area contributed by atoms with Crippen LogP contribution in [0.3, 0.4) is 0 Å². The van der Waals surface area contributed by atoms with Crippen molar-refractivity contribution < 1.29 is 4.39 Å². The first-order valence-electron chi connectivity index (χ1n) is 7.82. The third-order valence-electron chi connectivity index (χ3n) is 4.57. The number of rotatable bonds is 5. The fourth-order valence-electron chi connectivity index (χ4n) is 3.32. The number of hydrogen-bond donors (Lipinski definition) is 1. The Morgan fingerprint density at radius 1 is 1.30 bits per heavy atom. The van der Waals surface area contributed by atoms with Crippen LogP contribution < -0.4 is 5.32 Å². The summed E-state index contributed by atoms with van der Waals surface area (Å²) in [5, 5.41) is 3.76. The lowest BCUT2D eigenvalue weighted by Gasteiger charge is -2.32. The Hall–Kier alpha value is -0.410. The summed E-state index contributed by atoms with van der Waals surface area (Å²) in [6.45, 7) is 4.44. The molecule has 1 saturated carbocycles. The van der Waals surface area contributed by atoms with Gasteiger partial charge in [-0.15, -0.1) is 0 Å². The summed E-state index contributed by atoms with van der Waals surface area (Å²) in [6.07, 6.45) is 8.01. The molecular weight excluding hydrogens is 317 g/mol. The lowest BCUT2D eigenvalue weighted by molar-refractivity contribution is 0.249. The van der Waals surface area contributed by atoms with Crippen molar-refractivity contribution in [2.75, 3.05) is 0 Å². The third-order valence-corrected chi connectivity index (χ3v) is 5.17. The van der Waals surface area contributed by atoms with E-state index in [0.29, 0.717) is 10.5 Å². The molecule has 0 saturated heterocycles. The summed E-state index contributed by atoms with van der Waals surface area (Å²) >= 11 is 3.27. The first-order valence-corrected chi connectivity index (χ1v) is 8.62. The summed E-state index contributed by atoms with van der Waals surface area (Å²) in [5.41, 5.74) is 1.15. The van der Waals surface area contributed by atoms with Gasteiger partial charge in [-0.05, 0) is 65.7 Å². The topological polar surface area (TPSA) is 12.0 Å². The largest absolute Gasteiger partial charge is 0.307 e. The van der Waals surface area contributed by atoms with E-state index in [4.69, 9.17) is 0 Å². The van der Waals surface area contributed by atoms with Crippen molar-refractivity contribution in [3.8, 4) is 0 Å². The fourth-order valence-corrected chi connectivity index (χ4v) is 3.72. The molecule has 2 unspecified atom stereocenters. The lowest BCUT2D eigenvalue weighted by Crippen LogP contribution is -2.38. The number of nitrogens with one attached hydrogen (secondary N) is 1. The predicted molar refractivity (Wildman–Crippen MR) is 86.3 cm³/mol. The maximum atomic E-state index is 13.3. The molecule has 2 rings (SSSR count). The van der Waals surface area contributed by atoms with E-state index in [0.717, 1.165) is 17.9 Å². The van der Waals surface area contributed by atoms with Crippen molar-refractivity contribution in [3.05, 3.63) is 34.1 Å². The van der Waals surface area contributed by atoms with Gasteiger partial charge in [0.1, 0.15) is 5.82 Å². The molecule has 0 spiro atoms. The predicted octanol–water partition coefficient (Wildman–Crippen LogP) is 5.60. The zero-order valence-electron chi connectivity index (χ0n) is 12.5. The molecule has 2 atom stereocenters. The van der Waals surface area contributed by atoms with Crippen LogP contribution >= 0.6 is 15.9 Å². The van der Waals surface area contributed by atoms with Gasteiger partial charge >= 0.3 is 0 Å². The Morgan fingerprint density at radius 3 is 2.60 bits per heavy atom. The van der Waals surface area contributed by atoms with Gasteiger partial charge in [0.05, 0.1) is 4.47 Å². The van der Waals surface area contributed by atoms with E-state index in [9.17, 15) is 4.39 Å². The first kappa shape index (κ1) is 16.0. The molecule has 0 aliphatic heterocycles. The smallest absolute Gasteiger partial charge is 0.137 e. The van der Waals surface area contributed by atoms with E-state index >= 15 is 0 Å². The molecule has 1 aliphatic carbocycles.